The van der Waals surface area contributed by atoms with Crippen LogP contribution in [0.5, 0.6) is 0 Å². The van der Waals surface area contributed by atoms with Gasteiger partial charge in [0.05, 0.1) is 0 Å². The molecule has 1 heterocycles. The molecule has 12 rings (SSSR count). The van der Waals surface area contributed by atoms with E-state index in [-0.39, 0.29) is 0 Å². The van der Waals surface area contributed by atoms with Crippen LogP contribution in [0.2, 0.25) is 0 Å². The van der Waals surface area contributed by atoms with Gasteiger partial charge in [0.1, 0.15) is 11.3 Å². The molecule has 0 unspecified atom stereocenters. The molecular weight excluding hydrogens is 823 g/mol. The van der Waals surface area contributed by atoms with Crippen molar-refractivity contribution in [3.63, 3.8) is 0 Å². The molecule has 0 N–H and O–H groups in total. The molecule has 2 nitrogen and oxygen atoms in total. The van der Waals surface area contributed by atoms with Crippen LogP contribution >= 0.6 is 0 Å². The van der Waals surface area contributed by atoms with Gasteiger partial charge in [-0.05, 0) is 126 Å². The third-order valence-corrected chi connectivity index (χ3v) is 13.2. The van der Waals surface area contributed by atoms with Crippen LogP contribution in [-0.4, -0.2) is 0 Å². The number of hydrogen-bond acceptors (Lipinski definition) is 2. The SMILES string of the molecule is c1ccc(-c2ccc(-c3ccc(N(c4ccc(-c5ccc(-c6ccccc6-c6cc7ccccc7o6)cc5)cc4)c4ccc(-c5ccc(-c6cccc7ccccc67)cc5)cc4)cc3)cc2)cc1. The van der Waals surface area contributed by atoms with E-state index in [9.17, 15) is 0 Å². The fraction of sp³-hybridized carbons (Fsp3) is 0. The maximum atomic E-state index is 6.30. The highest BCUT2D eigenvalue weighted by Crippen LogP contribution is 2.40. The van der Waals surface area contributed by atoms with Gasteiger partial charge in [-0.1, -0.05) is 224 Å². The second kappa shape index (κ2) is 17.8. The zero-order valence-corrected chi connectivity index (χ0v) is 37.3. The van der Waals surface area contributed by atoms with Crippen LogP contribution in [-0.2, 0) is 0 Å². The van der Waals surface area contributed by atoms with E-state index in [1.54, 1.807) is 0 Å². The molecule has 0 fully saturated rings. The molecule has 0 amide bonds. The van der Waals surface area contributed by atoms with Crippen LogP contribution in [0.25, 0.3) is 99.8 Å². The molecule has 2 heteroatoms. The smallest absolute Gasteiger partial charge is 0.136 e. The molecule has 68 heavy (non-hydrogen) atoms. The average Bonchev–Trinajstić information content (AvgIpc) is 3.87. The van der Waals surface area contributed by atoms with Gasteiger partial charge in [-0.3, -0.25) is 0 Å². The molecule has 0 saturated heterocycles. The molecule has 0 spiro atoms. The lowest BCUT2D eigenvalue weighted by Gasteiger charge is -2.26. The predicted octanol–water partition coefficient (Wildman–Crippen LogP) is 18.7. The molecule has 0 aliphatic carbocycles. The highest BCUT2D eigenvalue weighted by Gasteiger charge is 2.16. The quantitative estimate of drug-likeness (QED) is 0.136. The van der Waals surface area contributed by atoms with Gasteiger partial charge < -0.3 is 9.32 Å². The minimum Gasteiger partial charge on any atom is -0.456 e. The molecule has 0 saturated carbocycles. The summed E-state index contributed by atoms with van der Waals surface area (Å²) in [7, 11) is 0. The van der Waals surface area contributed by atoms with Crippen molar-refractivity contribution in [3.8, 4) is 78.1 Å². The van der Waals surface area contributed by atoms with Crippen molar-refractivity contribution in [2.75, 3.05) is 4.90 Å². The lowest BCUT2D eigenvalue weighted by molar-refractivity contribution is 0.632. The molecule has 320 valence electrons. The summed E-state index contributed by atoms with van der Waals surface area (Å²) >= 11 is 0. The van der Waals surface area contributed by atoms with Gasteiger partial charge in [0.15, 0.2) is 0 Å². The summed E-state index contributed by atoms with van der Waals surface area (Å²) in [6.45, 7) is 0. The molecule has 0 radical (unpaired) electrons. The molecule has 1 aromatic heterocycles. The lowest BCUT2D eigenvalue weighted by Crippen LogP contribution is -2.09. The summed E-state index contributed by atoms with van der Waals surface area (Å²) in [6, 6.07) is 97.9. The first-order chi connectivity index (χ1) is 33.7. The van der Waals surface area contributed by atoms with Crippen LogP contribution in [0.4, 0.5) is 17.1 Å². The highest BCUT2D eigenvalue weighted by molar-refractivity contribution is 5.97. The third-order valence-electron chi connectivity index (χ3n) is 13.2. The van der Waals surface area contributed by atoms with E-state index in [4.69, 9.17) is 4.42 Å². The molecule has 0 aliphatic rings. The summed E-state index contributed by atoms with van der Waals surface area (Å²) in [6.07, 6.45) is 0. The Morgan fingerprint density at radius 2 is 0.588 bits per heavy atom. The third kappa shape index (κ3) is 7.95. The number of rotatable bonds is 10. The second-order valence-corrected chi connectivity index (χ2v) is 17.3. The number of anilines is 3. The summed E-state index contributed by atoms with van der Waals surface area (Å²) in [5.41, 5.74) is 19.4. The maximum absolute atomic E-state index is 6.30. The van der Waals surface area contributed by atoms with Gasteiger partial charge in [-0.25, -0.2) is 0 Å². The summed E-state index contributed by atoms with van der Waals surface area (Å²) in [4.78, 5) is 2.34. The second-order valence-electron chi connectivity index (χ2n) is 17.3. The van der Waals surface area contributed by atoms with Gasteiger partial charge in [0.25, 0.3) is 0 Å². The average molecular weight is 868 g/mol. The summed E-state index contributed by atoms with van der Waals surface area (Å²) in [5, 5.41) is 3.63. The van der Waals surface area contributed by atoms with Crippen molar-refractivity contribution >= 4 is 38.8 Å². The molecular formula is C66H45NO. The van der Waals surface area contributed by atoms with Crippen molar-refractivity contribution in [1.29, 1.82) is 0 Å². The Kier molecular flexibility index (Phi) is 10.6. The normalized spacial score (nSPS) is 11.2. The Bertz CT molecular complexity index is 3630. The number of para-hydroxylation sites is 1. The number of fused-ring (bicyclic) bond motifs is 2. The number of furan rings is 1. The first kappa shape index (κ1) is 40.5. The zero-order valence-electron chi connectivity index (χ0n) is 37.3. The Morgan fingerprint density at radius 1 is 0.235 bits per heavy atom. The Balaban J connectivity index is 0.842. The van der Waals surface area contributed by atoms with Gasteiger partial charge in [-0.2, -0.15) is 0 Å². The largest absolute Gasteiger partial charge is 0.456 e. The van der Waals surface area contributed by atoms with Crippen molar-refractivity contribution in [3.05, 3.63) is 273 Å². The van der Waals surface area contributed by atoms with E-state index in [1.165, 1.54) is 55.3 Å². The first-order valence-corrected chi connectivity index (χ1v) is 23.2. The number of nitrogens with zero attached hydrogens (tertiary/aromatic N) is 1. The van der Waals surface area contributed by atoms with Crippen LogP contribution in [0.15, 0.2) is 277 Å². The van der Waals surface area contributed by atoms with Gasteiger partial charge in [-0.15, -0.1) is 0 Å². The fourth-order valence-corrected chi connectivity index (χ4v) is 9.57. The predicted molar refractivity (Wildman–Crippen MR) is 286 cm³/mol. The molecule has 0 atom stereocenters. The Morgan fingerprint density at radius 3 is 1.10 bits per heavy atom. The standard InChI is InChI=1S/C66H45NO/c1-2-11-46(12-3-1)47-21-23-48(24-22-47)51-33-39-58(40-34-51)67(59-41-35-52(36-42-59)49-25-29-55(30-26-49)62-19-10-15-54-13-4-6-16-61(54)62)60-43-37-53(38-44-60)50-27-31-56(32-28-50)63-17-7-8-18-64(63)66-45-57-14-5-9-20-65(57)68-66/h1-45H. The summed E-state index contributed by atoms with van der Waals surface area (Å²) in [5.74, 6) is 0.874. The topological polar surface area (TPSA) is 16.4 Å². The van der Waals surface area contributed by atoms with Crippen LogP contribution < -0.4 is 4.90 Å². The van der Waals surface area contributed by atoms with E-state index in [1.807, 2.05) is 18.2 Å². The van der Waals surface area contributed by atoms with Gasteiger partial charge in [0, 0.05) is 28.0 Å². The van der Waals surface area contributed by atoms with Crippen LogP contribution in [0.1, 0.15) is 0 Å². The molecule has 0 aliphatic heterocycles. The first-order valence-electron chi connectivity index (χ1n) is 23.2. The number of benzene rings is 11. The fourth-order valence-electron chi connectivity index (χ4n) is 9.57. The van der Waals surface area contributed by atoms with Crippen LogP contribution in [0, 0.1) is 0 Å². The van der Waals surface area contributed by atoms with Gasteiger partial charge >= 0.3 is 0 Å². The minimum atomic E-state index is 0.874. The van der Waals surface area contributed by atoms with E-state index in [0.717, 1.165) is 61.6 Å². The van der Waals surface area contributed by atoms with Crippen molar-refractivity contribution in [1.82, 2.24) is 0 Å². The van der Waals surface area contributed by atoms with E-state index < -0.39 is 0 Å². The van der Waals surface area contributed by atoms with E-state index >= 15 is 0 Å². The van der Waals surface area contributed by atoms with E-state index in [2.05, 4.69) is 260 Å². The number of hydrogen-bond donors (Lipinski definition) is 0. The maximum Gasteiger partial charge on any atom is 0.136 e. The zero-order chi connectivity index (χ0) is 45.2. The minimum absolute atomic E-state index is 0.874. The van der Waals surface area contributed by atoms with Gasteiger partial charge in [0.2, 0.25) is 0 Å². The van der Waals surface area contributed by atoms with Crippen molar-refractivity contribution in [2.45, 2.75) is 0 Å². The Hall–Kier alpha value is -8.98. The Labute approximate surface area is 397 Å². The molecule has 0 bridgehead atoms. The van der Waals surface area contributed by atoms with Crippen molar-refractivity contribution in [2.24, 2.45) is 0 Å². The monoisotopic (exact) mass is 867 g/mol. The molecule has 11 aromatic carbocycles. The highest BCUT2D eigenvalue weighted by atomic mass is 16.3. The molecule has 12 aromatic rings. The summed E-state index contributed by atoms with van der Waals surface area (Å²) < 4.78 is 6.30. The van der Waals surface area contributed by atoms with Crippen molar-refractivity contribution < 1.29 is 4.42 Å². The van der Waals surface area contributed by atoms with Crippen LogP contribution in [0.3, 0.4) is 0 Å². The van der Waals surface area contributed by atoms with E-state index in [0.29, 0.717) is 0 Å². The lowest BCUT2D eigenvalue weighted by atomic mass is 9.95.